The Labute approximate surface area is 146 Å². The lowest BCUT2D eigenvalue weighted by Crippen LogP contribution is -2.25. The van der Waals surface area contributed by atoms with Crippen molar-refractivity contribution in [2.45, 2.75) is 6.92 Å². The molecule has 3 N–H and O–H groups in total. The average molecular weight is 343 g/mol. The third kappa shape index (κ3) is 5.72. The van der Waals surface area contributed by atoms with E-state index in [1.54, 1.807) is 31.4 Å². The molecule has 7 nitrogen and oxygen atoms in total. The van der Waals surface area contributed by atoms with Gasteiger partial charge in [0.25, 0.3) is 5.91 Å². The van der Waals surface area contributed by atoms with Crippen molar-refractivity contribution in [2.75, 3.05) is 25.6 Å². The lowest BCUT2D eigenvalue weighted by Gasteiger charge is -2.07. The fourth-order valence-corrected chi connectivity index (χ4v) is 1.99. The van der Waals surface area contributed by atoms with Gasteiger partial charge in [-0.05, 0) is 55.0 Å². The number of carbonyl (C=O) groups is 1. The highest BCUT2D eigenvalue weighted by atomic mass is 16.5. The van der Waals surface area contributed by atoms with E-state index in [4.69, 9.17) is 9.47 Å². The van der Waals surface area contributed by atoms with E-state index in [9.17, 15) is 9.90 Å². The summed E-state index contributed by atoms with van der Waals surface area (Å²) in [5, 5.41) is 16.5. The van der Waals surface area contributed by atoms with Crippen molar-refractivity contribution >= 4 is 17.8 Å². The minimum Gasteiger partial charge on any atom is -0.504 e. The zero-order valence-corrected chi connectivity index (χ0v) is 14.2. The monoisotopic (exact) mass is 343 g/mol. The molecule has 0 aliphatic carbocycles. The van der Waals surface area contributed by atoms with Crippen LogP contribution in [-0.2, 0) is 4.79 Å². The van der Waals surface area contributed by atoms with Crippen LogP contribution in [0.15, 0.2) is 47.6 Å². The van der Waals surface area contributed by atoms with Gasteiger partial charge in [0.15, 0.2) is 11.5 Å². The summed E-state index contributed by atoms with van der Waals surface area (Å²) < 4.78 is 10.4. The van der Waals surface area contributed by atoms with Crippen molar-refractivity contribution in [3.05, 3.63) is 48.0 Å². The number of rotatable bonds is 8. The van der Waals surface area contributed by atoms with Gasteiger partial charge in [0.2, 0.25) is 0 Å². The van der Waals surface area contributed by atoms with Gasteiger partial charge in [0.05, 0.1) is 26.5 Å². The summed E-state index contributed by atoms with van der Waals surface area (Å²) >= 11 is 0. The second-order valence-electron chi connectivity index (χ2n) is 5.04. The fraction of sp³-hybridized carbons (Fsp3) is 0.222. The quantitative estimate of drug-likeness (QED) is 0.505. The van der Waals surface area contributed by atoms with Gasteiger partial charge in [-0.1, -0.05) is 0 Å². The summed E-state index contributed by atoms with van der Waals surface area (Å²) in [5.41, 5.74) is 3.93. The summed E-state index contributed by atoms with van der Waals surface area (Å²) in [6.07, 6.45) is 1.48. The summed E-state index contributed by atoms with van der Waals surface area (Å²) in [5.74, 6) is 0.904. The highest BCUT2D eigenvalue weighted by Gasteiger charge is 2.03. The van der Waals surface area contributed by atoms with Gasteiger partial charge in [0, 0.05) is 5.69 Å². The number of phenols is 1. The van der Waals surface area contributed by atoms with Gasteiger partial charge in [-0.2, -0.15) is 5.10 Å². The molecule has 0 saturated heterocycles. The molecular formula is C18H21N3O4. The number of ether oxygens (including phenoxy) is 2. The molecule has 2 aromatic carbocycles. The Morgan fingerprint density at radius 2 is 2.00 bits per heavy atom. The zero-order valence-electron chi connectivity index (χ0n) is 14.2. The highest BCUT2D eigenvalue weighted by molar-refractivity contribution is 5.84. The summed E-state index contributed by atoms with van der Waals surface area (Å²) in [4.78, 5) is 11.8. The second-order valence-corrected chi connectivity index (χ2v) is 5.04. The molecule has 0 saturated carbocycles. The number of methoxy groups -OCH3 is 1. The van der Waals surface area contributed by atoms with Crippen LogP contribution in [0.3, 0.4) is 0 Å². The van der Waals surface area contributed by atoms with Crippen LogP contribution in [0.4, 0.5) is 5.69 Å². The largest absolute Gasteiger partial charge is 0.504 e. The topological polar surface area (TPSA) is 92.2 Å². The van der Waals surface area contributed by atoms with Crippen LogP contribution in [-0.4, -0.2) is 37.5 Å². The molecule has 0 atom stereocenters. The lowest BCUT2D eigenvalue weighted by molar-refractivity contribution is -0.119. The third-order valence-electron chi connectivity index (χ3n) is 3.23. The molecule has 0 bridgehead atoms. The third-order valence-corrected chi connectivity index (χ3v) is 3.23. The second kappa shape index (κ2) is 9.17. The number of hydrogen-bond acceptors (Lipinski definition) is 6. The van der Waals surface area contributed by atoms with Gasteiger partial charge in [-0.15, -0.1) is 0 Å². The number of hydrogen-bond donors (Lipinski definition) is 3. The Hall–Kier alpha value is -3.22. The molecule has 0 aliphatic heterocycles. The van der Waals surface area contributed by atoms with Crippen LogP contribution in [0, 0.1) is 0 Å². The predicted molar refractivity (Wildman–Crippen MR) is 96.5 cm³/mol. The molecule has 0 fully saturated rings. The normalized spacial score (nSPS) is 10.5. The molecule has 0 unspecified atom stereocenters. The highest BCUT2D eigenvalue weighted by Crippen LogP contribution is 2.26. The van der Waals surface area contributed by atoms with E-state index in [2.05, 4.69) is 15.8 Å². The standard InChI is InChI=1S/C18H21N3O4/c1-3-25-17-10-13(4-9-16(17)22)11-20-21-18(23)12-19-14-5-7-15(24-2)8-6-14/h4-11,19,22H,3,12H2,1-2H3,(H,21,23)/b20-11+. The van der Waals surface area contributed by atoms with E-state index in [1.165, 1.54) is 12.3 Å². The number of nitrogens with one attached hydrogen (secondary N) is 2. The van der Waals surface area contributed by atoms with E-state index in [0.29, 0.717) is 17.9 Å². The molecule has 25 heavy (non-hydrogen) atoms. The molecule has 0 heterocycles. The zero-order chi connectivity index (χ0) is 18.1. The summed E-state index contributed by atoms with van der Waals surface area (Å²) in [7, 11) is 1.60. The van der Waals surface area contributed by atoms with Crippen LogP contribution in [0.2, 0.25) is 0 Å². The van der Waals surface area contributed by atoms with Crippen molar-refractivity contribution in [2.24, 2.45) is 5.10 Å². The van der Waals surface area contributed by atoms with Gasteiger partial charge in [0.1, 0.15) is 5.75 Å². The molecule has 0 spiro atoms. The molecular weight excluding hydrogens is 322 g/mol. The number of phenolic OH excluding ortho intramolecular Hbond substituents is 1. The lowest BCUT2D eigenvalue weighted by atomic mass is 10.2. The van der Waals surface area contributed by atoms with Gasteiger partial charge in [-0.25, -0.2) is 5.43 Å². The smallest absolute Gasteiger partial charge is 0.259 e. The first-order valence-electron chi connectivity index (χ1n) is 7.78. The summed E-state index contributed by atoms with van der Waals surface area (Å²) in [6, 6.07) is 12.1. The number of hydrazone groups is 1. The molecule has 1 amide bonds. The first kappa shape index (κ1) is 18.1. The summed E-state index contributed by atoms with van der Waals surface area (Å²) in [6.45, 7) is 2.36. The number of carbonyl (C=O) groups excluding carboxylic acids is 1. The molecule has 7 heteroatoms. The number of nitrogens with zero attached hydrogens (tertiary/aromatic N) is 1. The van der Waals surface area contributed by atoms with Crippen LogP contribution in [0.25, 0.3) is 0 Å². The fourth-order valence-electron chi connectivity index (χ4n) is 1.99. The number of aromatic hydroxyl groups is 1. The van der Waals surface area contributed by atoms with Crippen LogP contribution in [0.5, 0.6) is 17.2 Å². The Balaban J connectivity index is 1.82. The number of benzene rings is 2. The Kier molecular flexibility index (Phi) is 6.65. The van der Waals surface area contributed by atoms with Crippen LogP contribution in [0.1, 0.15) is 12.5 Å². The molecule has 0 aromatic heterocycles. The van der Waals surface area contributed by atoms with Gasteiger partial charge < -0.3 is 19.9 Å². The molecule has 2 aromatic rings. The van der Waals surface area contributed by atoms with Crippen molar-refractivity contribution in [1.29, 1.82) is 0 Å². The van der Waals surface area contributed by atoms with E-state index in [1.807, 2.05) is 19.1 Å². The first-order chi connectivity index (χ1) is 12.1. The number of amides is 1. The van der Waals surface area contributed by atoms with E-state index >= 15 is 0 Å². The molecule has 0 radical (unpaired) electrons. The van der Waals surface area contributed by atoms with Crippen molar-refractivity contribution in [1.82, 2.24) is 5.43 Å². The Morgan fingerprint density at radius 1 is 1.24 bits per heavy atom. The van der Waals surface area contributed by atoms with Crippen LogP contribution < -0.4 is 20.2 Å². The first-order valence-corrected chi connectivity index (χ1v) is 7.78. The minimum absolute atomic E-state index is 0.0618. The molecule has 132 valence electrons. The van der Waals surface area contributed by atoms with E-state index < -0.39 is 0 Å². The van der Waals surface area contributed by atoms with Gasteiger partial charge >= 0.3 is 0 Å². The maximum Gasteiger partial charge on any atom is 0.259 e. The van der Waals surface area contributed by atoms with Crippen molar-refractivity contribution in [3.8, 4) is 17.2 Å². The maximum absolute atomic E-state index is 11.8. The Morgan fingerprint density at radius 3 is 2.68 bits per heavy atom. The van der Waals surface area contributed by atoms with Crippen molar-refractivity contribution < 1.29 is 19.4 Å². The van der Waals surface area contributed by atoms with Crippen molar-refractivity contribution in [3.63, 3.8) is 0 Å². The average Bonchev–Trinajstić information content (AvgIpc) is 2.63. The number of anilines is 1. The molecule has 2 rings (SSSR count). The van der Waals surface area contributed by atoms with E-state index in [-0.39, 0.29) is 18.2 Å². The van der Waals surface area contributed by atoms with E-state index in [0.717, 1.165) is 11.4 Å². The molecule has 0 aliphatic rings. The van der Waals surface area contributed by atoms with Gasteiger partial charge in [-0.3, -0.25) is 4.79 Å². The predicted octanol–water partition coefficient (Wildman–Crippen LogP) is 2.36. The minimum atomic E-state index is -0.282. The SMILES string of the molecule is CCOc1cc(/C=N/NC(=O)CNc2ccc(OC)cc2)ccc1O. The Bertz CT molecular complexity index is 730. The van der Waals surface area contributed by atoms with Crippen LogP contribution >= 0.6 is 0 Å². The maximum atomic E-state index is 11.8.